The van der Waals surface area contributed by atoms with E-state index in [0.717, 1.165) is 25.7 Å². The molecule has 2 N–H and O–H groups in total. The molecule has 1 aromatic carbocycles. The zero-order valence-electron chi connectivity index (χ0n) is 11.8. The largest absolute Gasteiger partial charge is 0.482 e. The maximum Gasteiger partial charge on any atom is 0.341 e. The summed E-state index contributed by atoms with van der Waals surface area (Å²) in [7, 11) is -3.56. The lowest BCUT2D eigenvalue weighted by Gasteiger charge is -2.41. The van der Waals surface area contributed by atoms with Gasteiger partial charge in [-0.05, 0) is 49.9 Å². The minimum Gasteiger partial charge on any atom is -0.482 e. The fourth-order valence-electron chi connectivity index (χ4n) is 2.34. The van der Waals surface area contributed by atoms with E-state index >= 15 is 0 Å². The van der Waals surface area contributed by atoms with Crippen LogP contribution in [0.1, 0.15) is 32.6 Å². The molecular formula is C14H19NO5S. The van der Waals surface area contributed by atoms with Gasteiger partial charge in [0, 0.05) is 5.54 Å². The van der Waals surface area contributed by atoms with E-state index in [2.05, 4.69) is 4.72 Å². The second kappa shape index (κ2) is 6.03. The first-order valence-electron chi connectivity index (χ1n) is 6.85. The van der Waals surface area contributed by atoms with Gasteiger partial charge in [-0.1, -0.05) is 6.92 Å². The Kier molecular flexibility index (Phi) is 4.53. The molecule has 1 fully saturated rings. The molecule has 0 atom stereocenters. The van der Waals surface area contributed by atoms with Crippen LogP contribution in [0.15, 0.2) is 29.2 Å². The molecular weight excluding hydrogens is 294 g/mol. The van der Waals surface area contributed by atoms with Gasteiger partial charge in [0.05, 0.1) is 4.90 Å². The third kappa shape index (κ3) is 3.74. The molecule has 7 heteroatoms. The Hall–Kier alpha value is -1.60. The molecule has 6 nitrogen and oxygen atoms in total. The average Bonchev–Trinajstić information content (AvgIpc) is 2.41. The van der Waals surface area contributed by atoms with Crippen LogP contribution < -0.4 is 9.46 Å². The van der Waals surface area contributed by atoms with E-state index < -0.39 is 22.6 Å². The van der Waals surface area contributed by atoms with E-state index in [1.807, 2.05) is 6.92 Å². The van der Waals surface area contributed by atoms with Gasteiger partial charge < -0.3 is 9.84 Å². The van der Waals surface area contributed by atoms with Crippen molar-refractivity contribution in [2.45, 2.75) is 43.0 Å². The first-order valence-corrected chi connectivity index (χ1v) is 8.34. The summed E-state index contributed by atoms with van der Waals surface area (Å²) < 4.78 is 32.4. The van der Waals surface area contributed by atoms with Crippen molar-refractivity contribution in [3.05, 3.63) is 24.3 Å². The maximum absolute atomic E-state index is 12.3. The van der Waals surface area contributed by atoms with E-state index in [1.165, 1.54) is 24.3 Å². The standard InChI is InChI=1S/C14H19NO5S/c1-2-14(8-3-9-14)15-21(18,19)12-6-4-11(5-7-12)20-10-13(16)17/h4-7,15H,2-3,8-10H2,1H3,(H,16,17). The normalized spacial score (nSPS) is 17.0. The number of carboxylic acids is 1. The molecule has 0 heterocycles. The zero-order chi connectivity index (χ0) is 15.5. The SMILES string of the molecule is CCC1(NS(=O)(=O)c2ccc(OCC(=O)O)cc2)CCC1. The lowest BCUT2D eigenvalue weighted by atomic mass is 9.76. The summed E-state index contributed by atoms with van der Waals surface area (Å²) in [5, 5.41) is 8.52. The number of hydrogen-bond acceptors (Lipinski definition) is 4. The molecule has 0 bridgehead atoms. The van der Waals surface area contributed by atoms with Crippen LogP contribution in [-0.4, -0.2) is 31.6 Å². The van der Waals surface area contributed by atoms with Crippen LogP contribution in [-0.2, 0) is 14.8 Å². The zero-order valence-corrected chi connectivity index (χ0v) is 12.6. The van der Waals surface area contributed by atoms with Crippen molar-refractivity contribution in [1.29, 1.82) is 0 Å². The number of nitrogens with one attached hydrogen (secondary N) is 1. The molecule has 1 aliphatic rings. The van der Waals surface area contributed by atoms with E-state index in [1.54, 1.807) is 0 Å². The molecule has 0 radical (unpaired) electrons. The molecule has 0 unspecified atom stereocenters. The number of carboxylic acid groups (broad SMARTS) is 1. The monoisotopic (exact) mass is 313 g/mol. The molecule has 0 saturated heterocycles. The highest BCUT2D eigenvalue weighted by molar-refractivity contribution is 7.89. The predicted octanol–water partition coefficient (Wildman–Crippen LogP) is 1.76. The summed E-state index contributed by atoms with van der Waals surface area (Å²) in [6.07, 6.45) is 3.54. The van der Waals surface area contributed by atoms with Gasteiger partial charge in [-0.15, -0.1) is 0 Å². The summed E-state index contributed by atoms with van der Waals surface area (Å²) >= 11 is 0. The molecule has 116 valence electrons. The quantitative estimate of drug-likeness (QED) is 0.800. The van der Waals surface area contributed by atoms with Gasteiger partial charge in [-0.3, -0.25) is 0 Å². The fraction of sp³-hybridized carbons (Fsp3) is 0.500. The molecule has 0 spiro atoms. The maximum atomic E-state index is 12.3. The molecule has 0 aliphatic heterocycles. The van der Waals surface area contributed by atoms with E-state index in [4.69, 9.17) is 9.84 Å². The average molecular weight is 313 g/mol. The Morgan fingerprint density at radius 1 is 1.33 bits per heavy atom. The van der Waals surface area contributed by atoms with Gasteiger partial charge in [0.2, 0.25) is 10.0 Å². The summed E-state index contributed by atoms with van der Waals surface area (Å²) in [6.45, 7) is 1.52. The van der Waals surface area contributed by atoms with Crippen LogP contribution in [0.3, 0.4) is 0 Å². The summed E-state index contributed by atoms with van der Waals surface area (Å²) in [5.74, 6) is -0.756. The van der Waals surface area contributed by atoms with Crippen molar-refractivity contribution in [2.24, 2.45) is 0 Å². The van der Waals surface area contributed by atoms with Gasteiger partial charge in [0.25, 0.3) is 0 Å². The van der Waals surface area contributed by atoms with Crippen LogP contribution in [0.2, 0.25) is 0 Å². The smallest absolute Gasteiger partial charge is 0.341 e. The number of hydrogen-bond donors (Lipinski definition) is 2. The Bertz CT molecular complexity index is 599. The number of carbonyl (C=O) groups is 1. The van der Waals surface area contributed by atoms with Crippen molar-refractivity contribution in [3.8, 4) is 5.75 Å². The highest BCUT2D eigenvalue weighted by Crippen LogP contribution is 2.36. The molecule has 2 rings (SSSR count). The van der Waals surface area contributed by atoms with Gasteiger partial charge in [-0.2, -0.15) is 0 Å². The number of benzene rings is 1. The first-order chi connectivity index (χ1) is 9.87. The third-order valence-electron chi connectivity index (χ3n) is 3.83. The molecule has 0 amide bonds. The van der Waals surface area contributed by atoms with Crippen molar-refractivity contribution >= 4 is 16.0 Å². The fourth-order valence-corrected chi connectivity index (χ4v) is 3.87. The van der Waals surface area contributed by atoms with Crippen LogP contribution in [0.5, 0.6) is 5.75 Å². The Labute approximate surface area is 124 Å². The van der Waals surface area contributed by atoms with Gasteiger partial charge >= 0.3 is 5.97 Å². The lowest BCUT2D eigenvalue weighted by molar-refractivity contribution is -0.139. The summed E-state index contributed by atoms with van der Waals surface area (Å²) in [4.78, 5) is 10.6. The number of ether oxygens (including phenoxy) is 1. The Balaban J connectivity index is 2.08. The predicted molar refractivity (Wildman–Crippen MR) is 76.8 cm³/mol. The van der Waals surface area contributed by atoms with Gasteiger partial charge in [0.1, 0.15) is 5.75 Å². The highest BCUT2D eigenvalue weighted by atomic mass is 32.2. The van der Waals surface area contributed by atoms with Crippen molar-refractivity contribution < 1.29 is 23.1 Å². The molecule has 21 heavy (non-hydrogen) atoms. The molecule has 1 aromatic rings. The second-order valence-electron chi connectivity index (χ2n) is 5.25. The van der Waals surface area contributed by atoms with Crippen LogP contribution in [0.25, 0.3) is 0 Å². The first kappa shape index (κ1) is 15.8. The Morgan fingerprint density at radius 3 is 2.38 bits per heavy atom. The number of rotatable bonds is 7. The summed E-state index contributed by atoms with van der Waals surface area (Å²) in [5.41, 5.74) is -0.308. The molecule has 0 aromatic heterocycles. The van der Waals surface area contributed by atoms with Crippen LogP contribution in [0, 0.1) is 0 Å². The minimum absolute atomic E-state index is 0.157. The van der Waals surface area contributed by atoms with Crippen molar-refractivity contribution in [2.75, 3.05) is 6.61 Å². The van der Waals surface area contributed by atoms with E-state index in [0.29, 0.717) is 5.75 Å². The van der Waals surface area contributed by atoms with E-state index in [-0.39, 0.29) is 10.4 Å². The number of sulfonamides is 1. The minimum atomic E-state index is -3.56. The van der Waals surface area contributed by atoms with Crippen LogP contribution in [0.4, 0.5) is 0 Å². The lowest BCUT2D eigenvalue weighted by Crippen LogP contribution is -2.52. The summed E-state index contributed by atoms with van der Waals surface area (Å²) in [6, 6.07) is 5.75. The molecule has 1 aliphatic carbocycles. The highest BCUT2D eigenvalue weighted by Gasteiger charge is 2.38. The van der Waals surface area contributed by atoms with Gasteiger partial charge in [-0.25, -0.2) is 17.9 Å². The third-order valence-corrected chi connectivity index (χ3v) is 5.43. The second-order valence-corrected chi connectivity index (χ2v) is 6.93. The van der Waals surface area contributed by atoms with Gasteiger partial charge in [0.15, 0.2) is 6.61 Å². The number of aliphatic carboxylic acids is 1. The molecule has 1 saturated carbocycles. The van der Waals surface area contributed by atoms with Crippen LogP contribution >= 0.6 is 0 Å². The van der Waals surface area contributed by atoms with E-state index in [9.17, 15) is 13.2 Å². The Morgan fingerprint density at radius 2 is 1.95 bits per heavy atom. The van der Waals surface area contributed by atoms with Crippen molar-refractivity contribution in [3.63, 3.8) is 0 Å². The van der Waals surface area contributed by atoms with Crippen molar-refractivity contribution in [1.82, 2.24) is 4.72 Å². The topological polar surface area (TPSA) is 92.7 Å².